The van der Waals surface area contributed by atoms with Crippen LogP contribution in [0.1, 0.15) is 50.3 Å². The van der Waals surface area contributed by atoms with Gasteiger partial charge < -0.3 is 24.8 Å². The van der Waals surface area contributed by atoms with Crippen LogP contribution in [0.3, 0.4) is 0 Å². The number of aromatic nitrogens is 2. The summed E-state index contributed by atoms with van der Waals surface area (Å²) in [5.74, 6) is 1.06. The molecule has 3 aliphatic heterocycles. The normalized spacial score (nSPS) is 24.6. The number of rotatable bonds is 5. The number of halogens is 1. The minimum absolute atomic E-state index is 0.0193. The first kappa shape index (κ1) is 22.6. The number of likely N-dealkylation sites (tertiary alicyclic amines) is 1. The van der Waals surface area contributed by atoms with Gasteiger partial charge >= 0.3 is 6.01 Å². The van der Waals surface area contributed by atoms with Crippen LogP contribution in [0.15, 0.2) is 23.2 Å². The monoisotopic (exact) mass is 456 g/mol. The standard InChI is InChI=1S/C25H37FN6O/c1-18-21(26)8-3-9-23(18)32-13-5-7-20-22(16-32)28-25(33-17-19-6-4-12-30(19)2)29-24(20)31-14-10-27-11-15-31/h9,19,27H,3-8,10-17H2,1-2H3/t19-/m0/s1. The van der Waals surface area contributed by atoms with Crippen molar-refractivity contribution in [2.45, 2.75) is 58.0 Å². The molecule has 0 amide bonds. The Morgan fingerprint density at radius 1 is 1.09 bits per heavy atom. The minimum Gasteiger partial charge on any atom is -0.462 e. The maximum atomic E-state index is 14.4. The van der Waals surface area contributed by atoms with E-state index in [2.05, 4.69) is 33.1 Å². The Balaban J connectivity index is 1.44. The molecule has 2 saturated heterocycles. The van der Waals surface area contributed by atoms with Crippen molar-refractivity contribution in [3.8, 4) is 6.01 Å². The molecule has 1 aromatic rings. The number of nitrogens with zero attached hydrogens (tertiary/aromatic N) is 5. The molecule has 0 radical (unpaired) electrons. The van der Waals surface area contributed by atoms with Crippen molar-refractivity contribution in [1.82, 2.24) is 25.1 Å². The number of ether oxygens (including phenoxy) is 1. The Morgan fingerprint density at radius 2 is 1.94 bits per heavy atom. The molecular formula is C25H37FN6O. The van der Waals surface area contributed by atoms with Gasteiger partial charge in [0.1, 0.15) is 18.3 Å². The topological polar surface area (TPSA) is 56.8 Å². The third-order valence-corrected chi connectivity index (χ3v) is 7.57. The summed E-state index contributed by atoms with van der Waals surface area (Å²) in [5.41, 5.74) is 4.08. The Bertz CT molecular complexity index is 926. The fourth-order valence-electron chi connectivity index (χ4n) is 5.54. The number of allylic oxidation sites excluding steroid dienone is 3. The molecule has 1 N–H and O–H groups in total. The SMILES string of the molecule is CC1=C(F)CCC=C1N1CCCc2c(nc(OC[C@@H]3CCCN3C)nc2N2CCNCC2)C1. The molecular weight excluding hydrogens is 419 g/mol. The summed E-state index contributed by atoms with van der Waals surface area (Å²) in [7, 11) is 2.16. The molecule has 0 unspecified atom stereocenters. The molecule has 1 aliphatic carbocycles. The average molecular weight is 457 g/mol. The zero-order valence-corrected chi connectivity index (χ0v) is 20.1. The van der Waals surface area contributed by atoms with E-state index in [0.29, 0.717) is 31.6 Å². The molecule has 1 aromatic heterocycles. The van der Waals surface area contributed by atoms with Crippen molar-refractivity contribution < 1.29 is 9.13 Å². The third-order valence-electron chi connectivity index (χ3n) is 7.57. The molecule has 1 atom stereocenters. The molecule has 8 heteroatoms. The van der Waals surface area contributed by atoms with Gasteiger partial charge in [-0.15, -0.1) is 0 Å². The minimum atomic E-state index is 0.0193. The number of nitrogens with one attached hydrogen (secondary N) is 1. The van der Waals surface area contributed by atoms with Crippen LogP contribution in [0, 0.1) is 0 Å². The van der Waals surface area contributed by atoms with Crippen molar-refractivity contribution in [3.05, 3.63) is 34.4 Å². The van der Waals surface area contributed by atoms with Crippen LogP contribution in [0.25, 0.3) is 0 Å². The van der Waals surface area contributed by atoms with Crippen LogP contribution in [0.4, 0.5) is 10.2 Å². The van der Waals surface area contributed by atoms with E-state index >= 15 is 0 Å². The molecule has 180 valence electrons. The fourth-order valence-corrected chi connectivity index (χ4v) is 5.54. The van der Waals surface area contributed by atoms with Crippen molar-refractivity contribution in [2.75, 3.05) is 57.8 Å². The molecule has 0 saturated carbocycles. The van der Waals surface area contributed by atoms with E-state index in [1.54, 1.807) is 0 Å². The van der Waals surface area contributed by atoms with Crippen LogP contribution in [-0.4, -0.2) is 78.7 Å². The van der Waals surface area contributed by atoms with Gasteiger partial charge in [-0.3, -0.25) is 0 Å². The summed E-state index contributed by atoms with van der Waals surface area (Å²) < 4.78 is 20.6. The highest BCUT2D eigenvalue weighted by molar-refractivity contribution is 5.51. The zero-order valence-electron chi connectivity index (χ0n) is 20.1. The van der Waals surface area contributed by atoms with E-state index in [1.807, 2.05) is 6.92 Å². The van der Waals surface area contributed by atoms with E-state index in [0.717, 1.165) is 87.7 Å². The molecule has 5 rings (SSSR count). The second-order valence-corrected chi connectivity index (χ2v) is 9.76. The molecule has 0 aromatic carbocycles. The predicted molar refractivity (Wildman–Crippen MR) is 128 cm³/mol. The average Bonchev–Trinajstić information content (AvgIpc) is 3.12. The van der Waals surface area contributed by atoms with Gasteiger partial charge in [0, 0.05) is 62.0 Å². The number of hydrogen-bond acceptors (Lipinski definition) is 7. The lowest BCUT2D eigenvalue weighted by Crippen LogP contribution is -2.44. The number of piperazine rings is 1. The van der Waals surface area contributed by atoms with Crippen LogP contribution in [0.5, 0.6) is 6.01 Å². The third kappa shape index (κ3) is 4.87. The maximum absolute atomic E-state index is 14.4. The highest BCUT2D eigenvalue weighted by Crippen LogP contribution is 2.34. The Morgan fingerprint density at radius 3 is 2.73 bits per heavy atom. The summed E-state index contributed by atoms with van der Waals surface area (Å²) in [6.45, 7) is 9.03. The quantitative estimate of drug-likeness (QED) is 0.731. The lowest BCUT2D eigenvalue weighted by atomic mass is 10.0. The first-order valence-electron chi connectivity index (χ1n) is 12.6. The predicted octanol–water partition coefficient (Wildman–Crippen LogP) is 3.03. The Hall–Kier alpha value is -2.19. The van der Waals surface area contributed by atoms with E-state index in [9.17, 15) is 4.39 Å². The van der Waals surface area contributed by atoms with Gasteiger partial charge in [-0.25, -0.2) is 4.39 Å². The van der Waals surface area contributed by atoms with E-state index < -0.39 is 0 Å². The Labute approximate surface area is 196 Å². The van der Waals surface area contributed by atoms with Crippen LogP contribution < -0.4 is 15.0 Å². The number of likely N-dealkylation sites (N-methyl/N-ethyl adjacent to an activating group) is 1. The van der Waals surface area contributed by atoms with Gasteiger partial charge in [-0.1, -0.05) is 6.08 Å². The van der Waals surface area contributed by atoms with Crippen molar-refractivity contribution >= 4 is 5.82 Å². The van der Waals surface area contributed by atoms with E-state index in [1.165, 1.54) is 12.0 Å². The van der Waals surface area contributed by atoms with Gasteiger partial charge in [0.2, 0.25) is 0 Å². The Kier molecular flexibility index (Phi) is 6.83. The lowest BCUT2D eigenvalue weighted by Gasteiger charge is -2.31. The van der Waals surface area contributed by atoms with Gasteiger partial charge in [0.25, 0.3) is 0 Å². The van der Waals surface area contributed by atoms with Gasteiger partial charge in [0.05, 0.1) is 12.2 Å². The molecule has 7 nitrogen and oxygen atoms in total. The van der Waals surface area contributed by atoms with E-state index in [-0.39, 0.29) is 5.83 Å². The summed E-state index contributed by atoms with van der Waals surface area (Å²) in [6, 6.07) is 0.912. The number of fused-ring (bicyclic) bond motifs is 1. The van der Waals surface area contributed by atoms with Crippen molar-refractivity contribution in [1.29, 1.82) is 0 Å². The largest absolute Gasteiger partial charge is 0.462 e. The summed E-state index contributed by atoms with van der Waals surface area (Å²) in [4.78, 5) is 16.9. The van der Waals surface area contributed by atoms with Gasteiger partial charge in [-0.05, 0) is 52.6 Å². The number of hydrogen-bond donors (Lipinski definition) is 1. The second-order valence-electron chi connectivity index (χ2n) is 9.76. The smallest absolute Gasteiger partial charge is 0.318 e. The van der Waals surface area contributed by atoms with Gasteiger partial charge in [0.15, 0.2) is 0 Å². The second kappa shape index (κ2) is 9.97. The summed E-state index contributed by atoms with van der Waals surface area (Å²) >= 11 is 0. The van der Waals surface area contributed by atoms with Crippen LogP contribution in [-0.2, 0) is 13.0 Å². The zero-order chi connectivity index (χ0) is 22.8. The molecule has 2 fully saturated rings. The van der Waals surface area contributed by atoms with Crippen LogP contribution >= 0.6 is 0 Å². The first-order chi connectivity index (χ1) is 16.1. The highest BCUT2D eigenvalue weighted by Gasteiger charge is 2.28. The fraction of sp³-hybridized carbons (Fsp3) is 0.680. The summed E-state index contributed by atoms with van der Waals surface area (Å²) in [5, 5.41) is 3.44. The first-order valence-corrected chi connectivity index (χ1v) is 12.6. The molecule has 0 spiro atoms. The van der Waals surface area contributed by atoms with E-state index in [4.69, 9.17) is 14.7 Å². The highest BCUT2D eigenvalue weighted by atomic mass is 19.1. The van der Waals surface area contributed by atoms with Crippen molar-refractivity contribution in [2.24, 2.45) is 0 Å². The molecule has 4 aliphatic rings. The number of anilines is 1. The maximum Gasteiger partial charge on any atom is 0.318 e. The molecule has 4 heterocycles. The molecule has 0 bridgehead atoms. The lowest BCUT2D eigenvalue weighted by molar-refractivity contribution is 0.187. The van der Waals surface area contributed by atoms with Gasteiger partial charge in [-0.2, -0.15) is 9.97 Å². The van der Waals surface area contributed by atoms with Crippen molar-refractivity contribution in [3.63, 3.8) is 0 Å². The molecule has 33 heavy (non-hydrogen) atoms. The summed E-state index contributed by atoms with van der Waals surface area (Å²) in [6.07, 6.45) is 7.79. The van der Waals surface area contributed by atoms with Crippen LogP contribution in [0.2, 0.25) is 0 Å².